The number of halogens is 1. The lowest BCUT2D eigenvalue weighted by Crippen LogP contribution is -2.26. The second kappa shape index (κ2) is 9.48. The molecule has 0 saturated heterocycles. The Labute approximate surface area is 223 Å². The Morgan fingerprint density at radius 3 is 2.61 bits per heavy atom. The standard InChI is InChI=1S/C27H29FN6O3S/c1-6-33-12-16(10-29-33)30-24-26(37)32(5)13-20(31-24)17-7-8-19(28)22(18(17)14-35)34-11-15-9-21(27(2,3)4)38-23(15)25(34)36/h7-10,12-13,35H,6,11,14H2,1-5H3,(H,30,31). The average molecular weight is 537 g/mol. The quantitative estimate of drug-likeness (QED) is 0.374. The Morgan fingerprint density at radius 1 is 1.21 bits per heavy atom. The van der Waals surface area contributed by atoms with Crippen LogP contribution in [0.25, 0.3) is 11.3 Å². The molecule has 4 aromatic rings. The van der Waals surface area contributed by atoms with Crippen molar-refractivity contribution in [1.29, 1.82) is 0 Å². The summed E-state index contributed by atoms with van der Waals surface area (Å²) in [5.74, 6) is -0.855. The van der Waals surface area contributed by atoms with E-state index in [-0.39, 0.29) is 40.5 Å². The number of aryl methyl sites for hydroxylation is 2. The van der Waals surface area contributed by atoms with Gasteiger partial charge in [-0.2, -0.15) is 5.10 Å². The van der Waals surface area contributed by atoms with Crippen molar-refractivity contribution in [2.75, 3.05) is 10.2 Å². The van der Waals surface area contributed by atoms with Crippen LogP contribution < -0.4 is 15.8 Å². The lowest BCUT2D eigenvalue weighted by molar-refractivity contribution is 0.0998. The van der Waals surface area contributed by atoms with Gasteiger partial charge in [-0.05, 0) is 36.1 Å². The van der Waals surface area contributed by atoms with Crippen LogP contribution in [-0.2, 0) is 32.2 Å². The van der Waals surface area contributed by atoms with Gasteiger partial charge >= 0.3 is 0 Å². The Balaban J connectivity index is 1.56. The second-order valence-electron chi connectivity index (χ2n) is 10.3. The lowest BCUT2D eigenvalue weighted by Gasteiger charge is -2.23. The van der Waals surface area contributed by atoms with E-state index in [2.05, 4.69) is 36.2 Å². The minimum atomic E-state index is -0.618. The molecule has 11 heteroatoms. The number of rotatable bonds is 6. The summed E-state index contributed by atoms with van der Waals surface area (Å²) < 4.78 is 18.4. The zero-order valence-electron chi connectivity index (χ0n) is 21.9. The molecule has 0 bridgehead atoms. The maximum Gasteiger partial charge on any atom is 0.293 e. The Morgan fingerprint density at radius 2 is 1.97 bits per heavy atom. The average Bonchev–Trinajstić information content (AvgIpc) is 3.58. The molecule has 0 fully saturated rings. The molecule has 0 unspecified atom stereocenters. The van der Waals surface area contributed by atoms with E-state index in [1.54, 1.807) is 24.1 Å². The van der Waals surface area contributed by atoms with Crippen LogP contribution in [0, 0.1) is 5.82 Å². The zero-order chi connectivity index (χ0) is 27.4. The van der Waals surface area contributed by atoms with Gasteiger partial charge in [0, 0.05) is 42.0 Å². The normalized spacial score (nSPS) is 13.3. The molecule has 2 N–H and O–H groups in total. The molecule has 1 aliphatic rings. The van der Waals surface area contributed by atoms with Crippen LogP contribution in [-0.4, -0.2) is 30.3 Å². The van der Waals surface area contributed by atoms with Gasteiger partial charge in [0.2, 0.25) is 0 Å². The molecule has 0 spiro atoms. The first-order valence-corrected chi connectivity index (χ1v) is 13.1. The van der Waals surface area contributed by atoms with Crippen LogP contribution in [0.2, 0.25) is 0 Å². The topological polar surface area (TPSA) is 105 Å². The summed E-state index contributed by atoms with van der Waals surface area (Å²) in [4.78, 5) is 33.8. The molecule has 1 aromatic carbocycles. The van der Waals surface area contributed by atoms with E-state index in [1.165, 1.54) is 39.1 Å². The molecule has 0 atom stereocenters. The van der Waals surface area contributed by atoms with E-state index in [0.717, 1.165) is 10.4 Å². The summed E-state index contributed by atoms with van der Waals surface area (Å²) in [7, 11) is 1.59. The molecule has 1 amide bonds. The summed E-state index contributed by atoms with van der Waals surface area (Å²) in [6.45, 7) is 8.57. The Kier molecular flexibility index (Phi) is 6.44. The number of thiophene rings is 1. The first kappa shape index (κ1) is 25.8. The number of carbonyl (C=O) groups excluding carboxylic acids is 1. The van der Waals surface area contributed by atoms with Gasteiger partial charge in [0.25, 0.3) is 11.5 Å². The van der Waals surface area contributed by atoms with E-state index in [1.807, 2.05) is 13.0 Å². The van der Waals surface area contributed by atoms with Gasteiger partial charge in [-0.1, -0.05) is 20.8 Å². The van der Waals surface area contributed by atoms with E-state index in [4.69, 9.17) is 0 Å². The van der Waals surface area contributed by atoms with E-state index in [9.17, 15) is 14.7 Å². The summed E-state index contributed by atoms with van der Waals surface area (Å²) in [6.07, 6.45) is 4.87. The summed E-state index contributed by atoms with van der Waals surface area (Å²) in [5.41, 5.74) is 1.99. The van der Waals surface area contributed by atoms with Gasteiger partial charge in [-0.3, -0.25) is 19.2 Å². The monoisotopic (exact) mass is 536 g/mol. The van der Waals surface area contributed by atoms with Crippen LogP contribution in [0.3, 0.4) is 0 Å². The highest BCUT2D eigenvalue weighted by Gasteiger charge is 2.36. The number of anilines is 3. The molecule has 3 aromatic heterocycles. The van der Waals surface area contributed by atoms with Crippen LogP contribution in [0.5, 0.6) is 0 Å². The number of carbonyl (C=O) groups is 1. The summed E-state index contributed by atoms with van der Waals surface area (Å²) in [6, 6.07) is 4.77. The number of aliphatic hydroxyl groups excluding tert-OH is 1. The molecular formula is C27H29FN6O3S. The minimum Gasteiger partial charge on any atom is -0.392 e. The van der Waals surface area contributed by atoms with Crippen molar-refractivity contribution in [2.45, 2.75) is 52.8 Å². The molecule has 9 nitrogen and oxygen atoms in total. The van der Waals surface area contributed by atoms with Crippen molar-refractivity contribution in [2.24, 2.45) is 7.05 Å². The molecule has 4 heterocycles. The Hall–Kier alpha value is -3.83. The molecule has 5 rings (SSSR count). The summed E-state index contributed by atoms with van der Waals surface area (Å²) in [5, 5.41) is 17.6. The third-order valence-electron chi connectivity index (χ3n) is 6.54. The van der Waals surface area contributed by atoms with Crippen LogP contribution in [0.4, 0.5) is 21.6 Å². The molecule has 0 radical (unpaired) electrons. The fourth-order valence-corrected chi connectivity index (χ4v) is 5.68. The van der Waals surface area contributed by atoms with Crippen molar-refractivity contribution >= 4 is 34.4 Å². The molecule has 0 aliphatic carbocycles. The first-order chi connectivity index (χ1) is 18.0. The maximum atomic E-state index is 15.3. The number of nitrogens with one attached hydrogen (secondary N) is 1. The van der Waals surface area contributed by atoms with Gasteiger partial charge < -0.3 is 15.0 Å². The zero-order valence-corrected chi connectivity index (χ0v) is 22.7. The van der Waals surface area contributed by atoms with Gasteiger partial charge in [-0.15, -0.1) is 11.3 Å². The largest absolute Gasteiger partial charge is 0.392 e. The van der Waals surface area contributed by atoms with Crippen molar-refractivity contribution in [3.8, 4) is 11.3 Å². The SMILES string of the molecule is CCn1cc(Nc2nc(-c3ccc(F)c(N4Cc5cc(C(C)(C)C)sc5C4=O)c3CO)cn(C)c2=O)cn1. The van der Waals surface area contributed by atoms with Gasteiger partial charge in [0.15, 0.2) is 5.82 Å². The van der Waals surface area contributed by atoms with Crippen LogP contribution in [0.1, 0.15) is 53.4 Å². The highest BCUT2D eigenvalue weighted by atomic mass is 32.1. The Bertz CT molecular complexity index is 1610. The van der Waals surface area contributed by atoms with Crippen LogP contribution in [0.15, 0.2) is 41.6 Å². The highest BCUT2D eigenvalue weighted by molar-refractivity contribution is 7.14. The fourth-order valence-electron chi connectivity index (χ4n) is 4.50. The third-order valence-corrected chi connectivity index (χ3v) is 8.14. The van der Waals surface area contributed by atoms with E-state index in [0.29, 0.717) is 28.4 Å². The molecular weight excluding hydrogens is 507 g/mol. The van der Waals surface area contributed by atoms with E-state index < -0.39 is 12.4 Å². The third kappa shape index (κ3) is 4.41. The molecule has 1 aliphatic heterocycles. The fraction of sp³-hybridized carbons (Fsp3) is 0.333. The van der Waals surface area contributed by atoms with Crippen molar-refractivity contribution < 1.29 is 14.3 Å². The second-order valence-corrected chi connectivity index (χ2v) is 11.3. The molecule has 38 heavy (non-hydrogen) atoms. The number of nitrogens with zero attached hydrogens (tertiary/aromatic N) is 5. The number of fused-ring (bicyclic) bond motifs is 1. The number of aromatic nitrogens is 4. The first-order valence-electron chi connectivity index (χ1n) is 12.3. The van der Waals surface area contributed by atoms with E-state index >= 15 is 4.39 Å². The molecule has 198 valence electrons. The maximum absolute atomic E-state index is 15.3. The van der Waals surface area contributed by atoms with Gasteiger partial charge in [-0.25, -0.2) is 9.37 Å². The van der Waals surface area contributed by atoms with Gasteiger partial charge in [0.05, 0.1) is 41.3 Å². The number of amides is 1. The lowest BCUT2D eigenvalue weighted by atomic mass is 9.94. The number of hydrogen-bond donors (Lipinski definition) is 2. The molecule has 0 saturated carbocycles. The van der Waals surface area contributed by atoms with Crippen molar-refractivity contribution in [1.82, 2.24) is 19.3 Å². The van der Waals surface area contributed by atoms with Crippen molar-refractivity contribution in [3.05, 3.63) is 73.8 Å². The van der Waals surface area contributed by atoms with Crippen molar-refractivity contribution in [3.63, 3.8) is 0 Å². The summed E-state index contributed by atoms with van der Waals surface area (Å²) >= 11 is 1.42. The van der Waals surface area contributed by atoms with Crippen LogP contribution >= 0.6 is 11.3 Å². The highest BCUT2D eigenvalue weighted by Crippen LogP contribution is 2.42. The smallest absolute Gasteiger partial charge is 0.293 e. The number of aliphatic hydroxyl groups is 1. The number of hydrogen-bond acceptors (Lipinski definition) is 7. The van der Waals surface area contributed by atoms with Gasteiger partial charge in [0.1, 0.15) is 5.82 Å². The predicted octanol–water partition coefficient (Wildman–Crippen LogP) is 4.56. The predicted molar refractivity (Wildman–Crippen MR) is 146 cm³/mol. The minimum absolute atomic E-state index is 0.0186. The number of benzene rings is 1.